The van der Waals surface area contributed by atoms with Crippen LogP contribution in [0.5, 0.6) is 11.5 Å². The van der Waals surface area contributed by atoms with Gasteiger partial charge in [0.15, 0.2) is 11.5 Å². The molecule has 0 saturated carbocycles. The van der Waals surface area contributed by atoms with Gasteiger partial charge in [0.2, 0.25) is 15.9 Å². The lowest BCUT2D eigenvalue weighted by atomic mass is 10.0. The highest BCUT2D eigenvalue weighted by Gasteiger charge is 2.41. The summed E-state index contributed by atoms with van der Waals surface area (Å²) in [5, 5.41) is 11.7. The molecule has 156 valence electrons. The number of methoxy groups -OCH3 is 2. The van der Waals surface area contributed by atoms with Crippen LogP contribution in [0.2, 0.25) is 0 Å². The third-order valence-electron chi connectivity index (χ3n) is 4.70. The molecule has 1 fully saturated rings. The van der Waals surface area contributed by atoms with Crippen molar-refractivity contribution in [1.82, 2.24) is 9.62 Å². The minimum Gasteiger partial charge on any atom is -0.493 e. The molecule has 1 aliphatic rings. The topological polar surface area (TPSA) is 122 Å². The van der Waals surface area contributed by atoms with Crippen LogP contribution in [-0.2, 0) is 19.6 Å². The van der Waals surface area contributed by atoms with Gasteiger partial charge in [-0.1, -0.05) is 13.8 Å². The number of ether oxygens (including phenoxy) is 2. The first-order valence-corrected chi connectivity index (χ1v) is 10.3. The lowest BCUT2D eigenvalue weighted by Gasteiger charge is -2.26. The molecule has 1 aliphatic heterocycles. The van der Waals surface area contributed by atoms with E-state index in [2.05, 4.69) is 5.32 Å². The third-order valence-corrected chi connectivity index (χ3v) is 6.60. The maximum absolute atomic E-state index is 13.1. The van der Waals surface area contributed by atoms with E-state index in [1.165, 1.54) is 32.4 Å². The van der Waals surface area contributed by atoms with Crippen LogP contribution in [0.1, 0.15) is 26.7 Å². The molecule has 1 heterocycles. The zero-order chi connectivity index (χ0) is 21.1. The van der Waals surface area contributed by atoms with Gasteiger partial charge in [-0.3, -0.25) is 4.79 Å². The van der Waals surface area contributed by atoms with Gasteiger partial charge >= 0.3 is 5.97 Å². The molecule has 9 nitrogen and oxygen atoms in total. The summed E-state index contributed by atoms with van der Waals surface area (Å²) in [4.78, 5) is 24.0. The largest absolute Gasteiger partial charge is 0.493 e. The second kappa shape index (κ2) is 8.78. The van der Waals surface area contributed by atoms with Gasteiger partial charge in [-0.05, 0) is 30.9 Å². The van der Waals surface area contributed by atoms with Gasteiger partial charge in [-0.2, -0.15) is 4.31 Å². The number of carboxylic acid groups (broad SMARTS) is 1. The van der Waals surface area contributed by atoms with Gasteiger partial charge in [0.25, 0.3) is 0 Å². The number of carbonyl (C=O) groups excluding carboxylic acids is 1. The zero-order valence-corrected chi connectivity index (χ0v) is 17.2. The molecule has 2 unspecified atom stereocenters. The van der Waals surface area contributed by atoms with Gasteiger partial charge in [-0.25, -0.2) is 13.2 Å². The van der Waals surface area contributed by atoms with E-state index in [-0.39, 0.29) is 23.1 Å². The third kappa shape index (κ3) is 4.39. The average Bonchev–Trinajstić information content (AvgIpc) is 3.15. The fourth-order valence-corrected chi connectivity index (χ4v) is 4.84. The number of hydrogen-bond donors (Lipinski definition) is 2. The normalized spacial score (nSPS) is 18.7. The SMILES string of the molecule is COc1ccc(S(=O)(=O)N2CCCC2C(=O)NC(C(=O)O)C(C)C)cc1OC. The number of aliphatic carboxylic acids is 1. The minimum absolute atomic E-state index is 0.0245. The van der Waals surface area contributed by atoms with Crippen LogP contribution < -0.4 is 14.8 Å². The Kier molecular flexibility index (Phi) is 6.89. The van der Waals surface area contributed by atoms with E-state index in [1.54, 1.807) is 13.8 Å². The highest BCUT2D eigenvalue weighted by atomic mass is 32.2. The number of carboxylic acids is 1. The summed E-state index contributed by atoms with van der Waals surface area (Å²) in [5.74, 6) is -1.45. The fraction of sp³-hybridized carbons (Fsp3) is 0.556. The molecule has 10 heteroatoms. The van der Waals surface area contributed by atoms with Crippen LogP contribution in [0, 0.1) is 5.92 Å². The number of amides is 1. The average molecular weight is 414 g/mol. The van der Waals surface area contributed by atoms with Crippen molar-refractivity contribution in [2.75, 3.05) is 20.8 Å². The quantitative estimate of drug-likeness (QED) is 0.653. The second-order valence-electron chi connectivity index (χ2n) is 6.86. The number of carbonyl (C=O) groups is 2. The van der Waals surface area contributed by atoms with Gasteiger partial charge in [0.05, 0.1) is 19.1 Å². The molecule has 28 heavy (non-hydrogen) atoms. The fourth-order valence-electron chi connectivity index (χ4n) is 3.17. The number of rotatable bonds is 8. The Morgan fingerprint density at radius 2 is 1.86 bits per heavy atom. The van der Waals surface area contributed by atoms with Crippen molar-refractivity contribution in [3.05, 3.63) is 18.2 Å². The van der Waals surface area contributed by atoms with E-state index in [1.807, 2.05) is 0 Å². The number of hydrogen-bond acceptors (Lipinski definition) is 6. The van der Waals surface area contributed by atoms with Gasteiger partial charge in [-0.15, -0.1) is 0 Å². The van der Waals surface area contributed by atoms with Crippen molar-refractivity contribution in [2.24, 2.45) is 5.92 Å². The predicted octanol–water partition coefficient (Wildman–Crippen LogP) is 1.08. The summed E-state index contributed by atoms with van der Waals surface area (Å²) in [5.41, 5.74) is 0. The van der Waals surface area contributed by atoms with Crippen LogP contribution in [0.4, 0.5) is 0 Å². The van der Waals surface area contributed by atoms with Crippen molar-refractivity contribution >= 4 is 21.9 Å². The molecule has 1 amide bonds. The summed E-state index contributed by atoms with van der Waals surface area (Å²) in [6.07, 6.45) is 0.826. The molecule has 0 radical (unpaired) electrons. The minimum atomic E-state index is -3.98. The van der Waals surface area contributed by atoms with E-state index in [0.29, 0.717) is 18.6 Å². The predicted molar refractivity (Wildman–Crippen MR) is 101 cm³/mol. The summed E-state index contributed by atoms with van der Waals surface area (Å²) in [7, 11) is -1.13. The summed E-state index contributed by atoms with van der Waals surface area (Å²) in [6, 6.07) is 2.17. The molecule has 1 saturated heterocycles. The zero-order valence-electron chi connectivity index (χ0n) is 16.3. The molecule has 0 spiro atoms. The van der Waals surface area contributed by atoms with E-state index >= 15 is 0 Å². The van der Waals surface area contributed by atoms with Crippen molar-refractivity contribution in [1.29, 1.82) is 0 Å². The molecular formula is C18H26N2O7S. The first-order chi connectivity index (χ1) is 13.1. The van der Waals surface area contributed by atoms with Gasteiger partial charge in [0, 0.05) is 12.6 Å². The Balaban J connectivity index is 2.30. The van der Waals surface area contributed by atoms with E-state index in [9.17, 15) is 23.1 Å². The summed E-state index contributed by atoms with van der Waals surface area (Å²) in [6.45, 7) is 3.52. The molecule has 0 aromatic heterocycles. The van der Waals surface area contributed by atoms with Gasteiger partial charge < -0.3 is 19.9 Å². The molecule has 1 aromatic carbocycles. The first kappa shape index (κ1) is 22.0. The summed E-state index contributed by atoms with van der Waals surface area (Å²) >= 11 is 0. The Labute approximate surface area is 164 Å². The lowest BCUT2D eigenvalue weighted by Crippen LogP contribution is -2.52. The maximum Gasteiger partial charge on any atom is 0.326 e. The maximum atomic E-state index is 13.1. The van der Waals surface area contributed by atoms with Crippen LogP contribution in [0.15, 0.2) is 23.1 Å². The smallest absolute Gasteiger partial charge is 0.326 e. The van der Waals surface area contributed by atoms with Crippen molar-refractivity contribution in [3.63, 3.8) is 0 Å². The van der Waals surface area contributed by atoms with Crippen LogP contribution in [-0.4, -0.2) is 62.6 Å². The number of benzene rings is 1. The number of nitrogens with one attached hydrogen (secondary N) is 1. The highest BCUT2D eigenvalue weighted by Crippen LogP contribution is 2.33. The van der Waals surface area contributed by atoms with Crippen molar-refractivity contribution < 1.29 is 32.6 Å². The van der Waals surface area contributed by atoms with Crippen molar-refractivity contribution in [2.45, 2.75) is 43.7 Å². The number of nitrogens with zero attached hydrogens (tertiary/aromatic N) is 1. The molecular weight excluding hydrogens is 388 g/mol. The van der Waals surface area contributed by atoms with Crippen molar-refractivity contribution in [3.8, 4) is 11.5 Å². The Bertz CT molecular complexity index is 838. The molecule has 0 aliphatic carbocycles. The lowest BCUT2D eigenvalue weighted by molar-refractivity contribution is -0.143. The van der Waals surface area contributed by atoms with E-state index < -0.39 is 34.0 Å². The standard InChI is InChI=1S/C18H26N2O7S/c1-11(2)16(18(22)23)19-17(21)13-6-5-9-20(13)28(24,25)12-7-8-14(26-3)15(10-12)27-4/h7-8,10-11,13,16H,5-6,9H2,1-4H3,(H,19,21)(H,22,23). The monoisotopic (exact) mass is 414 g/mol. The van der Waals surface area contributed by atoms with Gasteiger partial charge in [0.1, 0.15) is 12.1 Å². The Morgan fingerprint density at radius 3 is 2.39 bits per heavy atom. The van der Waals surface area contributed by atoms with E-state index in [4.69, 9.17) is 9.47 Å². The summed E-state index contributed by atoms with van der Waals surface area (Å²) < 4.78 is 37.6. The molecule has 2 N–H and O–H groups in total. The van der Waals surface area contributed by atoms with Crippen LogP contribution in [0.25, 0.3) is 0 Å². The second-order valence-corrected chi connectivity index (χ2v) is 8.75. The van der Waals surface area contributed by atoms with E-state index in [0.717, 1.165) is 4.31 Å². The van der Waals surface area contributed by atoms with Crippen LogP contribution >= 0.6 is 0 Å². The Hall–Kier alpha value is -2.33. The molecule has 1 aromatic rings. The number of sulfonamides is 1. The molecule has 2 rings (SSSR count). The highest BCUT2D eigenvalue weighted by molar-refractivity contribution is 7.89. The van der Waals surface area contributed by atoms with Crippen LogP contribution in [0.3, 0.4) is 0 Å². The first-order valence-electron chi connectivity index (χ1n) is 8.90. The molecule has 0 bridgehead atoms. The molecule has 2 atom stereocenters. The Morgan fingerprint density at radius 1 is 1.21 bits per heavy atom.